The molecule has 2 aromatic heterocycles. The van der Waals surface area contributed by atoms with E-state index in [0.29, 0.717) is 3.97 Å². The van der Waals surface area contributed by atoms with E-state index in [1.165, 1.54) is 30.3 Å². The number of halogens is 2. The fourth-order valence-corrected chi connectivity index (χ4v) is 4.86. The molecule has 0 aliphatic rings. The quantitative estimate of drug-likeness (QED) is 0.512. The van der Waals surface area contributed by atoms with Gasteiger partial charge in [0.05, 0.1) is 28.6 Å². The minimum Gasteiger partial charge on any atom is -0.465 e. The van der Waals surface area contributed by atoms with Gasteiger partial charge in [0.2, 0.25) is 5.95 Å². The Balaban J connectivity index is 2.24. The Morgan fingerprint density at radius 1 is 1.24 bits per heavy atom. The minimum absolute atomic E-state index is 0.0422. The highest BCUT2D eigenvalue weighted by atomic mass is 32.2. The molecule has 0 fully saturated rings. The molecular formula is C23H22F2N4O4S. The Labute approximate surface area is 195 Å². The van der Waals surface area contributed by atoms with Crippen LogP contribution < -0.4 is 0 Å². The van der Waals surface area contributed by atoms with Gasteiger partial charge in [-0.15, -0.1) is 0 Å². The average Bonchev–Trinajstić information content (AvgIpc) is 3.09. The maximum atomic E-state index is 15.7. The number of hydrogen-bond acceptors (Lipinski definition) is 5. The maximum Gasteiger partial charge on any atom is 0.407 e. The van der Waals surface area contributed by atoms with Gasteiger partial charge < -0.3 is 10.0 Å². The molecule has 1 N–H and O–H groups in total. The number of carbonyl (C=O) groups is 1. The summed E-state index contributed by atoms with van der Waals surface area (Å²) in [6.07, 6.45) is 0.746. The monoisotopic (exact) mass is 488 g/mol. The van der Waals surface area contributed by atoms with Gasteiger partial charge in [-0.05, 0) is 35.7 Å². The summed E-state index contributed by atoms with van der Waals surface area (Å²) in [4.78, 5) is 15.9. The van der Waals surface area contributed by atoms with Crippen LogP contribution in [0.2, 0.25) is 0 Å². The molecule has 11 heteroatoms. The molecule has 3 rings (SSSR count). The highest BCUT2D eigenvalue weighted by Gasteiger charge is 2.30. The van der Waals surface area contributed by atoms with Crippen LogP contribution in [0.25, 0.3) is 11.3 Å². The van der Waals surface area contributed by atoms with Crippen LogP contribution in [0.5, 0.6) is 0 Å². The Kier molecular flexibility index (Phi) is 6.74. The first-order valence-corrected chi connectivity index (χ1v) is 11.5. The van der Waals surface area contributed by atoms with Crippen molar-refractivity contribution in [3.63, 3.8) is 0 Å². The molecule has 8 nitrogen and oxygen atoms in total. The largest absolute Gasteiger partial charge is 0.465 e. The van der Waals surface area contributed by atoms with Gasteiger partial charge in [0.25, 0.3) is 10.0 Å². The molecule has 178 valence electrons. The lowest BCUT2D eigenvalue weighted by molar-refractivity contribution is 0.122. The van der Waals surface area contributed by atoms with E-state index >= 15 is 4.39 Å². The van der Waals surface area contributed by atoms with Crippen molar-refractivity contribution in [1.29, 1.82) is 5.26 Å². The van der Waals surface area contributed by atoms with Crippen molar-refractivity contribution < 1.29 is 27.1 Å². The average molecular weight is 489 g/mol. The van der Waals surface area contributed by atoms with Gasteiger partial charge in [0, 0.05) is 24.5 Å². The van der Waals surface area contributed by atoms with E-state index in [1.54, 1.807) is 20.8 Å². The fraction of sp³-hybridized carbons (Fsp3) is 0.261. The third-order valence-electron chi connectivity index (χ3n) is 4.81. The number of nitrogens with zero attached hydrogens (tertiary/aromatic N) is 4. The Bertz CT molecular complexity index is 1390. The van der Waals surface area contributed by atoms with Crippen molar-refractivity contribution in [2.75, 3.05) is 6.54 Å². The van der Waals surface area contributed by atoms with Crippen LogP contribution in [0.3, 0.4) is 0 Å². The highest BCUT2D eigenvalue weighted by Crippen LogP contribution is 2.33. The molecule has 0 bridgehead atoms. The molecule has 0 saturated heterocycles. The molecule has 0 radical (unpaired) electrons. The number of amides is 1. The predicted molar refractivity (Wildman–Crippen MR) is 119 cm³/mol. The number of nitriles is 1. The lowest BCUT2D eigenvalue weighted by Gasteiger charge is -2.27. The van der Waals surface area contributed by atoms with Crippen LogP contribution in [0.15, 0.2) is 53.7 Å². The molecule has 0 spiro atoms. The van der Waals surface area contributed by atoms with Gasteiger partial charge in [-0.25, -0.2) is 26.6 Å². The number of rotatable bonds is 6. The topological polar surface area (TPSA) is 116 Å². The van der Waals surface area contributed by atoms with E-state index < -0.39 is 51.1 Å². The predicted octanol–water partition coefficient (Wildman–Crippen LogP) is 4.46. The Morgan fingerprint density at radius 2 is 1.94 bits per heavy atom. The van der Waals surface area contributed by atoms with Crippen LogP contribution in [-0.4, -0.2) is 40.0 Å². The summed E-state index contributed by atoms with van der Waals surface area (Å²) in [5.74, 6) is -2.19. The smallest absolute Gasteiger partial charge is 0.407 e. The summed E-state index contributed by atoms with van der Waals surface area (Å²) in [5, 5.41) is 18.7. The molecule has 0 unspecified atom stereocenters. The molecular weight excluding hydrogens is 466 g/mol. The summed E-state index contributed by atoms with van der Waals surface area (Å²) in [5.41, 5.74) is -1.69. The number of aromatic nitrogens is 2. The van der Waals surface area contributed by atoms with E-state index in [-0.39, 0.29) is 22.6 Å². The maximum absolute atomic E-state index is 15.7. The normalized spacial score (nSPS) is 11.8. The van der Waals surface area contributed by atoms with Crippen molar-refractivity contribution in [3.8, 4) is 17.3 Å². The molecule has 34 heavy (non-hydrogen) atoms. The van der Waals surface area contributed by atoms with Crippen LogP contribution >= 0.6 is 0 Å². The van der Waals surface area contributed by atoms with Gasteiger partial charge >= 0.3 is 6.09 Å². The number of benzene rings is 1. The summed E-state index contributed by atoms with van der Waals surface area (Å²) >= 11 is 0. The van der Waals surface area contributed by atoms with Crippen molar-refractivity contribution >= 4 is 16.1 Å². The minimum atomic E-state index is -4.49. The number of hydrogen-bond donors (Lipinski definition) is 1. The van der Waals surface area contributed by atoms with Crippen molar-refractivity contribution in [2.45, 2.75) is 32.2 Å². The lowest BCUT2D eigenvalue weighted by atomic mass is 9.96. The fourth-order valence-electron chi connectivity index (χ4n) is 3.42. The molecule has 3 aromatic rings. The first kappa shape index (κ1) is 24.9. The second-order valence-corrected chi connectivity index (χ2v) is 10.6. The second kappa shape index (κ2) is 9.23. The van der Waals surface area contributed by atoms with Gasteiger partial charge in [0.15, 0.2) is 5.82 Å². The summed E-state index contributed by atoms with van der Waals surface area (Å²) in [7, 11) is -4.49. The van der Waals surface area contributed by atoms with Crippen LogP contribution in [0.4, 0.5) is 13.6 Å². The van der Waals surface area contributed by atoms with Gasteiger partial charge in [-0.3, -0.25) is 0 Å². The van der Waals surface area contributed by atoms with Crippen molar-refractivity contribution in [1.82, 2.24) is 13.9 Å². The van der Waals surface area contributed by atoms with Crippen LogP contribution in [0, 0.1) is 28.5 Å². The van der Waals surface area contributed by atoms with E-state index in [1.807, 2.05) is 6.07 Å². The number of pyridine rings is 1. The van der Waals surface area contributed by atoms with E-state index in [9.17, 15) is 22.7 Å². The Morgan fingerprint density at radius 3 is 2.53 bits per heavy atom. The van der Waals surface area contributed by atoms with E-state index in [0.717, 1.165) is 23.4 Å². The number of carboxylic acid groups (broad SMARTS) is 1. The molecule has 0 saturated carbocycles. The highest BCUT2D eigenvalue weighted by molar-refractivity contribution is 7.90. The standard InChI is InChI=1S/C23H22F2N4O4S/c1-23(2,3)14-28(22(30)31)12-16-13-29(20(19(16)24)18-8-5-9-27-21(18)25)34(32,33)17-7-4-6-15(10-17)11-26/h4-10,13H,12,14H2,1-3H3,(H,30,31). The van der Waals surface area contributed by atoms with Crippen LogP contribution in [0.1, 0.15) is 31.9 Å². The summed E-state index contributed by atoms with van der Waals surface area (Å²) in [6.45, 7) is 4.98. The zero-order valence-electron chi connectivity index (χ0n) is 18.7. The third-order valence-corrected chi connectivity index (χ3v) is 6.47. The zero-order valence-corrected chi connectivity index (χ0v) is 19.5. The molecule has 0 aliphatic heterocycles. The summed E-state index contributed by atoms with van der Waals surface area (Å²) < 4.78 is 57.6. The summed E-state index contributed by atoms with van der Waals surface area (Å²) in [6, 6.07) is 9.42. The molecule has 1 aromatic carbocycles. The molecule has 0 atom stereocenters. The first-order valence-electron chi connectivity index (χ1n) is 10.1. The van der Waals surface area contributed by atoms with Crippen molar-refractivity contribution in [3.05, 3.63) is 71.7 Å². The lowest BCUT2D eigenvalue weighted by Crippen LogP contribution is -2.36. The second-order valence-electron chi connectivity index (χ2n) is 8.80. The van der Waals surface area contributed by atoms with Crippen molar-refractivity contribution in [2.24, 2.45) is 5.41 Å². The third kappa shape index (κ3) is 5.07. The van der Waals surface area contributed by atoms with Gasteiger partial charge in [-0.1, -0.05) is 26.8 Å². The molecule has 1 amide bonds. The first-order chi connectivity index (χ1) is 15.8. The van der Waals surface area contributed by atoms with Crippen LogP contribution in [-0.2, 0) is 16.6 Å². The van der Waals surface area contributed by atoms with E-state index in [2.05, 4.69) is 4.98 Å². The zero-order chi connectivity index (χ0) is 25.3. The molecule has 2 heterocycles. The van der Waals surface area contributed by atoms with Gasteiger partial charge in [0.1, 0.15) is 5.69 Å². The SMILES string of the molecule is CC(C)(C)CN(Cc1cn(S(=O)(=O)c2cccc(C#N)c2)c(-c2cccnc2F)c1F)C(=O)O. The van der Waals surface area contributed by atoms with Gasteiger partial charge in [-0.2, -0.15) is 9.65 Å². The molecule has 0 aliphatic carbocycles. The van der Waals surface area contributed by atoms with E-state index in [4.69, 9.17) is 5.26 Å². The Hall–Kier alpha value is -3.78.